The Morgan fingerprint density at radius 2 is 1.92 bits per heavy atom. The fourth-order valence-corrected chi connectivity index (χ4v) is 1.46. The van der Waals surface area contributed by atoms with Crippen LogP contribution in [0.3, 0.4) is 0 Å². The number of carbonyl (C=O) groups is 1. The molecule has 0 fully saturated rings. The molecule has 0 atom stereocenters. The molecule has 0 rings (SSSR count). The monoisotopic (exact) mass is 187 g/mol. The molecule has 0 radical (unpaired) electrons. The largest absolute Gasteiger partial charge is 0.356 e. The van der Waals surface area contributed by atoms with Gasteiger partial charge in [-0.15, -0.1) is 0 Å². The molecule has 78 valence electrons. The van der Waals surface area contributed by atoms with Gasteiger partial charge < -0.3 is 9.64 Å². The van der Waals surface area contributed by atoms with Crippen molar-refractivity contribution in [1.82, 2.24) is 4.90 Å². The minimum Gasteiger partial charge on any atom is -0.356 e. The van der Waals surface area contributed by atoms with Gasteiger partial charge in [-0.05, 0) is 27.2 Å². The molecule has 13 heavy (non-hydrogen) atoms. The van der Waals surface area contributed by atoms with Crippen LogP contribution in [0, 0.1) is 0 Å². The van der Waals surface area contributed by atoms with Gasteiger partial charge in [-0.3, -0.25) is 4.79 Å². The summed E-state index contributed by atoms with van der Waals surface area (Å²) in [4.78, 5) is 13.1. The number of ether oxygens (including phenoxy) is 1. The summed E-state index contributed by atoms with van der Waals surface area (Å²) in [6.45, 7) is 10.8. The Morgan fingerprint density at radius 1 is 1.38 bits per heavy atom. The topological polar surface area (TPSA) is 29.5 Å². The number of rotatable bonds is 5. The second kappa shape index (κ2) is 5.22. The van der Waals surface area contributed by atoms with Crippen LogP contribution >= 0.6 is 0 Å². The Balaban J connectivity index is 4.41. The molecule has 0 aromatic rings. The molecule has 0 unspecified atom stereocenters. The summed E-state index contributed by atoms with van der Waals surface area (Å²) in [5, 5.41) is 0. The average molecular weight is 187 g/mol. The first-order valence-electron chi connectivity index (χ1n) is 4.87. The summed E-state index contributed by atoms with van der Waals surface area (Å²) >= 11 is 0. The van der Waals surface area contributed by atoms with Gasteiger partial charge in [0.15, 0.2) is 0 Å². The first kappa shape index (κ1) is 12.4. The molecule has 0 bridgehead atoms. The smallest absolute Gasteiger partial charge is 0.221 e. The van der Waals surface area contributed by atoms with E-state index in [1.165, 1.54) is 0 Å². The molecule has 0 spiro atoms. The van der Waals surface area contributed by atoms with E-state index in [1.807, 2.05) is 20.8 Å². The summed E-state index contributed by atoms with van der Waals surface area (Å²) in [7, 11) is 0. The van der Waals surface area contributed by atoms with Crippen molar-refractivity contribution in [2.45, 2.75) is 46.8 Å². The minimum atomic E-state index is -0.476. The Morgan fingerprint density at radius 3 is 2.23 bits per heavy atom. The van der Waals surface area contributed by atoms with Crippen LogP contribution in [0.5, 0.6) is 0 Å². The number of hydrogen-bond acceptors (Lipinski definition) is 2. The predicted octanol–water partition coefficient (Wildman–Crippen LogP) is 2.02. The zero-order valence-electron chi connectivity index (χ0n) is 9.39. The summed E-state index contributed by atoms with van der Waals surface area (Å²) < 4.78 is 5.51. The second-order valence-electron chi connectivity index (χ2n) is 3.55. The van der Waals surface area contributed by atoms with E-state index in [0.717, 1.165) is 13.0 Å². The SMILES string of the molecule is CCCN(C(C)=O)C(C)(C)OCC. The lowest BCUT2D eigenvalue weighted by atomic mass is 10.2. The number of hydrogen-bond donors (Lipinski definition) is 0. The quantitative estimate of drug-likeness (QED) is 0.616. The van der Waals surface area contributed by atoms with Crippen LogP contribution in [0.2, 0.25) is 0 Å². The van der Waals surface area contributed by atoms with E-state index in [1.54, 1.807) is 11.8 Å². The summed E-state index contributed by atoms with van der Waals surface area (Å²) in [6, 6.07) is 0. The minimum absolute atomic E-state index is 0.0697. The van der Waals surface area contributed by atoms with Gasteiger partial charge in [0.2, 0.25) is 5.91 Å². The third-order valence-electron chi connectivity index (χ3n) is 1.97. The van der Waals surface area contributed by atoms with Gasteiger partial charge in [-0.1, -0.05) is 6.92 Å². The second-order valence-corrected chi connectivity index (χ2v) is 3.55. The third-order valence-corrected chi connectivity index (χ3v) is 1.97. The van der Waals surface area contributed by atoms with Crippen molar-refractivity contribution in [3.05, 3.63) is 0 Å². The number of amides is 1. The molecule has 3 heteroatoms. The fraction of sp³-hybridized carbons (Fsp3) is 0.900. The molecule has 0 aliphatic heterocycles. The average Bonchev–Trinajstić information content (AvgIpc) is 1.99. The Bertz CT molecular complexity index is 166. The number of carbonyl (C=O) groups excluding carboxylic acids is 1. The maximum atomic E-state index is 11.3. The first-order valence-corrected chi connectivity index (χ1v) is 4.87. The van der Waals surface area contributed by atoms with Crippen LogP contribution in [0.25, 0.3) is 0 Å². The molecule has 0 aromatic carbocycles. The molecule has 0 aliphatic rings. The van der Waals surface area contributed by atoms with Gasteiger partial charge in [0, 0.05) is 20.1 Å². The van der Waals surface area contributed by atoms with Crippen molar-refractivity contribution in [3.63, 3.8) is 0 Å². The summed E-state index contributed by atoms with van der Waals surface area (Å²) in [5.41, 5.74) is -0.476. The first-order chi connectivity index (χ1) is 5.95. The molecule has 0 saturated heterocycles. The molecule has 0 saturated carbocycles. The van der Waals surface area contributed by atoms with Gasteiger partial charge >= 0.3 is 0 Å². The zero-order valence-corrected chi connectivity index (χ0v) is 9.39. The molecule has 0 aromatic heterocycles. The highest BCUT2D eigenvalue weighted by atomic mass is 16.5. The van der Waals surface area contributed by atoms with Crippen LogP contribution in [-0.4, -0.2) is 29.7 Å². The standard InChI is InChI=1S/C10H21NO2/c1-6-8-11(9(3)12)10(4,5)13-7-2/h6-8H2,1-5H3. The van der Waals surface area contributed by atoms with Gasteiger partial charge in [-0.2, -0.15) is 0 Å². The van der Waals surface area contributed by atoms with E-state index in [-0.39, 0.29) is 5.91 Å². The highest BCUT2D eigenvalue weighted by Crippen LogP contribution is 2.16. The van der Waals surface area contributed by atoms with Crippen molar-refractivity contribution in [1.29, 1.82) is 0 Å². The third kappa shape index (κ3) is 3.77. The Hall–Kier alpha value is -0.570. The van der Waals surface area contributed by atoms with Gasteiger partial charge in [0.05, 0.1) is 0 Å². The van der Waals surface area contributed by atoms with E-state index < -0.39 is 5.72 Å². The van der Waals surface area contributed by atoms with Crippen LogP contribution in [0.1, 0.15) is 41.0 Å². The van der Waals surface area contributed by atoms with Crippen LogP contribution in [0.15, 0.2) is 0 Å². The van der Waals surface area contributed by atoms with Crippen molar-refractivity contribution < 1.29 is 9.53 Å². The molecular weight excluding hydrogens is 166 g/mol. The Labute approximate surface area is 81.1 Å². The fourth-order valence-electron chi connectivity index (χ4n) is 1.46. The maximum absolute atomic E-state index is 11.3. The lowest BCUT2D eigenvalue weighted by molar-refractivity contribution is -0.162. The van der Waals surface area contributed by atoms with E-state index >= 15 is 0 Å². The number of nitrogens with zero attached hydrogens (tertiary/aromatic N) is 1. The molecule has 0 heterocycles. The summed E-state index contributed by atoms with van der Waals surface area (Å²) in [5.74, 6) is 0.0697. The lowest BCUT2D eigenvalue weighted by Gasteiger charge is -2.37. The maximum Gasteiger partial charge on any atom is 0.221 e. The summed E-state index contributed by atoms with van der Waals surface area (Å²) in [6.07, 6.45) is 0.954. The van der Waals surface area contributed by atoms with E-state index in [0.29, 0.717) is 6.61 Å². The molecule has 3 nitrogen and oxygen atoms in total. The van der Waals surface area contributed by atoms with E-state index in [2.05, 4.69) is 6.92 Å². The normalized spacial score (nSPS) is 11.5. The van der Waals surface area contributed by atoms with Crippen LogP contribution < -0.4 is 0 Å². The molecular formula is C10H21NO2. The van der Waals surface area contributed by atoms with Crippen molar-refractivity contribution >= 4 is 5.91 Å². The van der Waals surface area contributed by atoms with Gasteiger partial charge in [-0.25, -0.2) is 0 Å². The van der Waals surface area contributed by atoms with Crippen LogP contribution in [0.4, 0.5) is 0 Å². The van der Waals surface area contributed by atoms with E-state index in [9.17, 15) is 4.79 Å². The molecule has 1 amide bonds. The molecule has 0 aliphatic carbocycles. The van der Waals surface area contributed by atoms with Gasteiger partial charge in [0.25, 0.3) is 0 Å². The molecule has 0 N–H and O–H groups in total. The highest BCUT2D eigenvalue weighted by molar-refractivity contribution is 5.73. The van der Waals surface area contributed by atoms with Crippen molar-refractivity contribution in [2.75, 3.05) is 13.2 Å². The van der Waals surface area contributed by atoms with E-state index in [4.69, 9.17) is 4.74 Å². The zero-order chi connectivity index (χ0) is 10.5. The van der Waals surface area contributed by atoms with Crippen LogP contribution in [-0.2, 0) is 9.53 Å². The lowest BCUT2D eigenvalue weighted by Crippen LogP contribution is -2.49. The Kier molecular flexibility index (Phi) is 4.99. The van der Waals surface area contributed by atoms with Gasteiger partial charge in [0.1, 0.15) is 5.72 Å². The van der Waals surface area contributed by atoms with Crippen molar-refractivity contribution in [3.8, 4) is 0 Å². The predicted molar refractivity (Wildman–Crippen MR) is 53.4 cm³/mol. The highest BCUT2D eigenvalue weighted by Gasteiger charge is 2.28. The van der Waals surface area contributed by atoms with Crippen molar-refractivity contribution in [2.24, 2.45) is 0 Å².